The van der Waals surface area contributed by atoms with Crippen LogP contribution in [0, 0.1) is 5.41 Å². The highest BCUT2D eigenvalue weighted by atomic mass is 31.3. The molecular formula is C24H41N8O17P3. The molecule has 2 aromatic heterocycles. The fourth-order valence-electron chi connectivity index (χ4n) is 4.52. The molecule has 3 heterocycles. The van der Waals surface area contributed by atoms with Crippen LogP contribution in [0.25, 0.3) is 11.2 Å². The van der Waals surface area contributed by atoms with Crippen LogP contribution < -0.4 is 16.4 Å². The van der Waals surface area contributed by atoms with Gasteiger partial charge in [0.15, 0.2) is 17.7 Å². The molecule has 7 unspecified atom stereocenters. The fourth-order valence-corrected chi connectivity index (χ4v) is 7.35. The van der Waals surface area contributed by atoms with Gasteiger partial charge in [0.05, 0.1) is 25.3 Å². The van der Waals surface area contributed by atoms with Crippen molar-refractivity contribution in [3.63, 3.8) is 0 Å². The molecule has 1 saturated heterocycles. The van der Waals surface area contributed by atoms with Gasteiger partial charge in [0.25, 0.3) is 0 Å². The number of nitrogen functional groups attached to an aromatic ring is 1. The molecule has 28 heteroatoms. The summed E-state index contributed by atoms with van der Waals surface area (Å²) >= 11 is 0. The molecule has 1 aliphatic rings. The first-order valence-electron chi connectivity index (χ1n) is 15.0. The third-order valence-electron chi connectivity index (χ3n) is 7.13. The smallest absolute Gasteiger partial charge is 0.399 e. The number of nitrogens with one attached hydrogen (secondary N) is 2. The normalized spacial score (nSPS) is 22.8. The average molecular weight is 807 g/mol. The van der Waals surface area contributed by atoms with E-state index in [0.29, 0.717) is 12.1 Å². The number of hydrogen-bond acceptors (Lipinski definition) is 18. The largest absolute Gasteiger partial charge is 0.481 e. The zero-order valence-electron chi connectivity index (χ0n) is 28.1. The first-order chi connectivity index (χ1) is 24.1. The van der Waals surface area contributed by atoms with Gasteiger partial charge in [0.1, 0.15) is 43.4 Å². The Labute approximate surface area is 295 Å². The summed E-state index contributed by atoms with van der Waals surface area (Å²) < 4.78 is 61.9. The standard InChI is InChI=1S/C24H41N8O17P3/c1-13(31-44-4)5-7-26-15(33)6-8-27-22(36)19(35)24(2,3)10-46-52(42,43)49-51(40,41)45-9-14-18(48-50(37,38)39)17(34)23(47-14)32-12-30-16-20(25)28-11-29-21(16)32/h11-12,14,17-19,23,34-35H,5-10H2,1-4H3,(H,26,33)(H,27,36)(H,40,41)(H,42,43)(H2,25,28,29)(H2,37,38,39)/b31-13+. The van der Waals surface area contributed by atoms with Gasteiger partial charge < -0.3 is 55.7 Å². The zero-order valence-corrected chi connectivity index (χ0v) is 30.8. The number of imidazole rings is 1. The lowest BCUT2D eigenvalue weighted by Gasteiger charge is -2.30. The van der Waals surface area contributed by atoms with E-state index in [-0.39, 0.29) is 36.5 Å². The van der Waals surface area contributed by atoms with E-state index in [9.17, 15) is 53.1 Å². The number of aliphatic hydroxyl groups is 2. The molecular weight excluding hydrogens is 765 g/mol. The topological polar surface area (TPSA) is 368 Å². The van der Waals surface area contributed by atoms with Crippen LogP contribution in [0.2, 0.25) is 0 Å². The third-order valence-corrected chi connectivity index (χ3v) is 10.2. The van der Waals surface area contributed by atoms with Crippen molar-refractivity contribution in [1.82, 2.24) is 30.2 Å². The van der Waals surface area contributed by atoms with Crippen LogP contribution in [0.4, 0.5) is 5.82 Å². The maximum atomic E-state index is 12.6. The van der Waals surface area contributed by atoms with Crippen LogP contribution in [0.3, 0.4) is 0 Å². The second-order valence-electron chi connectivity index (χ2n) is 11.8. The number of aliphatic hydroxyl groups excluding tert-OH is 2. The maximum absolute atomic E-state index is 12.6. The van der Waals surface area contributed by atoms with Crippen molar-refractivity contribution >= 4 is 58.0 Å². The van der Waals surface area contributed by atoms with E-state index in [1.807, 2.05) is 0 Å². The molecule has 25 nitrogen and oxygen atoms in total. The Morgan fingerprint density at radius 3 is 2.38 bits per heavy atom. The number of carbonyl (C=O) groups excluding carboxylic acids is 2. The molecule has 0 bridgehead atoms. The van der Waals surface area contributed by atoms with E-state index in [2.05, 4.69) is 44.4 Å². The summed E-state index contributed by atoms with van der Waals surface area (Å²) in [5.74, 6) is -1.40. The highest BCUT2D eigenvalue weighted by Gasteiger charge is 2.50. The molecule has 0 aromatic carbocycles. The quantitative estimate of drug-likeness (QED) is 0.0432. The lowest BCUT2D eigenvalue weighted by molar-refractivity contribution is -0.137. The number of phosphoric acid groups is 3. The number of carbonyl (C=O) groups is 2. The number of rotatable bonds is 20. The maximum Gasteiger partial charge on any atom is 0.481 e. The molecule has 10 N–H and O–H groups in total. The van der Waals surface area contributed by atoms with Gasteiger partial charge in [-0.15, -0.1) is 0 Å². The Kier molecular flexibility index (Phi) is 14.9. The van der Waals surface area contributed by atoms with Gasteiger partial charge in [-0.25, -0.2) is 28.6 Å². The number of fused-ring (bicyclic) bond motifs is 1. The van der Waals surface area contributed by atoms with Gasteiger partial charge in [0.2, 0.25) is 11.8 Å². The molecule has 3 rings (SSSR count). The van der Waals surface area contributed by atoms with E-state index in [4.69, 9.17) is 19.5 Å². The number of ether oxygens (including phenoxy) is 1. The van der Waals surface area contributed by atoms with Crippen molar-refractivity contribution in [2.75, 3.05) is 39.1 Å². The number of anilines is 1. The van der Waals surface area contributed by atoms with Crippen LogP contribution in [0.5, 0.6) is 0 Å². The molecule has 1 fully saturated rings. The van der Waals surface area contributed by atoms with Crippen LogP contribution >= 0.6 is 23.5 Å². The van der Waals surface area contributed by atoms with Crippen molar-refractivity contribution in [3.05, 3.63) is 12.7 Å². The van der Waals surface area contributed by atoms with Gasteiger partial charge in [-0.2, -0.15) is 4.31 Å². The first kappa shape index (κ1) is 43.4. The van der Waals surface area contributed by atoms with E-state index in [1.54, 1.807) is 6.92 Å². The number of phosphoric ester groups is 3. The van der Waals surface area contributed by atoms with Crippen molar-refractivity contribution in [2.45, 2.75) is 64.3 Å². The van der Waals surface area contributed by atoms with Crippen LogP contribution in [0.1, 0.15) is 39.8 Å². The number of aromatic nitrogens is 4. The molecule has 0 saturated carbocycles. The lowest BCUT2D eigenvalue weighted by Crippen LogP contribution is -2.46. The lowest BCUT2D eigenvalue weighted by atomic mass is 9.87. The SMILES string of the molecule is CO/N=C(\C)CCNC(=O)CCNC(=O)C(O)C(C)(C)COP(=O)(O)OP(=O)(O)OCC1OC(n2cnc3c(N)ncnc32)C(O)C1OP(=O)(O)O. The highest BCUT2D eigenvalue weighted by molar-refractivity contribution is 7.61. The predicted octanol–water partition coefficient (Wildman–Crippen LogP) is -1.18. The van der Waals surface area contributed by atoms with Crippen molar-refractivity contribution in [3.8, 4) is 0 Å². The molecule has 0 spiro atoms. The molecule has 2 amide bonds. The van der Waals surface area contributed by atoms with Gasteiger partial charge in [-0.3, -0.25) is 27.7 Å². The number of oxime groups is 1. The predicted molar refractivity (Wildman–Crippen MR) is 174 cm³/mol. The molecule has 294 valence electrons. The van der Waals surface area contributed by atoms with E-state index < -0.39 is 84.6 Å². The minimum Gasteiger partial charge on any atom is -0.399 e. The van der Waals surface area contributed by atoms with Crippen molar-refractivity contribution in [2.24, 2.45) is 10.6 Å². The van der Waals surface area contributed by atoms with Gasteiger partial charge in [-0.05, 0) is 6.92 Å². The number of nitrogens with two attached hydrogens (primary N) is 1. The van der Waals surface area contributed by atoms with E-state index in [1.165, 1.54) is 21.0 Å². The van der Waals surface area contributed by atoms with Gasteiger partial charge >= 0.3 is 23.5 Å². The Hall–Kier alpha value is -2.99. The molecule has 2 aromatic rings. The summed E-state index contributed by atoms with van der Waals surface area (Å²) in [5.41, 5.74) is 4.93. The first-order valence-corrected chi connectivity index (χ1v) is 19.5. The fraction of sp³-hybridized carbons (Fsp3) is 0.667. The molecule has 52 heavy (non-hydrogen) atoms. The van der Waals surface area contributed by atoms with Crippen molar-refractivity contribution in [1.29, 1.82) is 0 Å². The molecule has 7 atom stereocenters. The molecule has 0 aliphatic carbocycles. The zero-order chi connectivity index (χ0) is 39.1. The number of amides is 2. The summed E-state index contributed by atoms with van der Waals surface area (Å²) in [4.78, 5) is 79.9. The summed E-state index contributed by atoms with van der Waals surface area (Å²) in [6, 6.07) is 0. The molecule has 1 aliphatic heterocycles. The van der Waals surface area contributed by atoms with Crippen molar-refractivity contribution < 1.29 is 80.5 Å². The molecule has 0 radical (unpaired) electrons. The number of nitrogens with zero attached hydrogens (tertiary/aromatic N) is 5. The summed E-state index contributed by atoms with van der Waals surface area (Å²) in [7, 11) is -15.0. The summed E-state index contributed by atoms with van der Waals surface area (Å²) in [5, 5.41) is 30.0. The Balaban J connectivity index is 1.55. The monoisotopic (exact) mass is 806 g/mol. The Bertz CT molecular complexity index is 1740. The van der Waals surface area contributed by atoms with Crippen LogP contribution in [0.15, 0.2) is 17.8 Å². The second-order valence-corrected chi connectivity index (χ2v) is 16.1. The minimum atomic E-state index is -5.55. The van der Waals surface area contributed by atoms with Crippen LogP contribution in [-0.2, 0) is 50.7 Å². The number of hydrogen-bond donors (Lipinski definition) is 9. The third kappa shape index (κ3) is 12.6. The summed E-state index contributed by atoms with van der Waals surface area (Å²) in [6.45, 7) is 2.33. The summed E-state index contributed by atoms with van der Waals surface area (Å²) in [6.07, 6.45) is -6.40. The van der Waals surface area contributed by atoms with Crippen LogP contribution in [-0.4, -0.2) is 125 Å². The Morgan fingerprint density at radius 2 is 1.73 bits per heavy atom. The average Bonchev–Trinajstić information content (AvgIpc) is 3.59. The van der Waals surface area contributed by atoms with E-state index >= 15 is 0 Å². The highest BCUT2D eigenvalue weighted by Crippen LogP contribution is 2.61. The van der Waals surface area contributed by atoms with E-state index in [0.717, 1.165) is 17.2 Å². The minimum absolute atomic E-state index is 0.0340. The Morgan fingerprint density at radius 1 is 1.08 bits per heavy atom. The van der Waals surface area contributed by atoms with Gasteiger partial charge in [0, 0.05) is 31.3 Å². The second kappa shape index (κ2) is 17.9. The van der Waals surface area contributed by atoms with Gasteiger partial charge in [-0.1, -0.05) is 19.0 Å².